The number of nitrogens with one attached hydrogen (secondary N) is 1. The number of nitrogens with zero attached hydrogens (tertiary/aromatic N) is 5. The smallest absolute Gasteiger partial charge is 0.252 e. The van der Waals surface area contributed by atoms with Crippen LogP contribution in [0.15, 0.2) is 47.3 Å². The summed E-state index contributed by atoms with van der Waals surface area (Å²) >= 11 is 0. The van der Waals surface area contributed by atoms with E-state index >= 15 is 0 Å². The number of fused-ring (bicyclic) bond motifs is 1. The molecule has 2 heterocycles. The average molecular weight is 499 g/mol. The van der Waals surface area contributed by atoms with Crippen LogP contribution in [0.3, 0.4) is 0 Å². The van der Waals surface area contributed by atoms with Crippen molar-refractivity contribution in [1.82, 2.24) is 30.1 Å². The molecule has 0 radical (unpaired) electrons. The van der Waals surface area contributed by atoms with E-state index in [0.717, 1.165) is 41.6 Å². The van der Waals surface area contributed by atoms with E-state index in [9.17, 15) is 4.79 Å². The van der Waals surface area contributed by atoms with Crippen molar-refractivity contribution in [2.24, 2.45) is 0 Å². The van der Waals surface area contributed by atoms with E-state index in [4.69, 9.17) is 0 Å². The maximum atomic E-state index is 13.2. The summed E-state index contributed by atoms with van der Waals surface area (Å²) in [7, 11) is 0. The lowest BCUT2D eigenvalue weighted by molar-refractivity contribution is 0.155. The number of tetrazole rings is 1. The van der Waals surface area contributed by atoms with Gasteiger partial charge in [0.25, 0.3) is 5.56 Å². The van der Waals surface area contributed by atoms with Crippen LogP contribution < -0.4 is 5.56 Å². The van der Waals surface area contributed by atoms with Crippen LogP contribution in [0.1, 0.15) is 91.2 Å². The minimum absolute atomic E-state index is 0.00641. The Hall–Kier alpha value is -3.32. The molecule has 2 aromatic heterocycles. The van der Waals surface area contributed by atoms with Gasteiger partial charge in [0, 0.05) is 24.2 Å². The fourth-order valence-electron chi connectivity index (χ4n) is 5.67. The predicted molar refractivity (Wildman–Crippen MR) is 147 cm³/mol. The van der Waals surface area contributed by atoms with Gasteiger partial charge in [-0.25, -0.2) is 4.68 Å². The third kappa shape index (κ3) is 5.52. The van der Waals surface area contributed by atoms with Gasteiger partial charge in [0.15, 0.2) is 5.82 Å². The lowest BCUT2D eigenvalue weighted by atomic mass is 9.95. The highest BCUT2D eigenvalue weighted by molar-refractivity contribution is 5.80. The Morgan fingerprint density at radius 2 is 1.73 bits per heavy atom. The number of pyridine rings is 1. The van der Waals surface area contributed by atoms with E-state index in [1.807, 2.05) is 0 Å². The average Bonchev–Trinajstić information content (AvgIpc) is 3.37. The van der Waals surface area contributed by atoms with E-state index in [-0.39, 0.29) is 11.6 Å². The molecule has 1 aliphatic rings. The molecule has 0 saturated heterocycles. The summed E-state index contributed by atoms with van der Waals surface area (Å²) in [5, 5.41) is 14.2. The summed E-state index contributed by atoms with van der Waals surface area (Å²) in [6.45, 7) is 9.70. The highest BCUT2D eigenvalue weighted by atomic mass is 16.1. The molecule has 1 fully saturated rings. The van der Waals surface area contributed by atoms with E-state index in [1.165, 1.54) is 41.5 Å². The fourth-order valence-corrected chi connectivity index (χ4v) is 5.67. The van der Waals surface area contributed by atoms with Gasteiger partial charge in [0.1, 0.15) is 0 Å². The molecule has 4 aromatic rings. The van der Waals surface area contributed by atoms with Crippen LogP contribution in [0.4, 0.5) is 0 Å². The fraction of sp³-hybridized carbons (Fsp3) is 0.467. The first-order valence-electron chi connectivity index (χ1n) is 13.6. The lowest BCUT2D eigenvalue weighted by Gasteiger charge is -2.32. The Balaban J connectivity index is 1.53. The Morgan fingerprint density at radius 1 is 1.00 bits per heavy atom. The molecule has 194 valence electrons. The van der Waals surface area contributed by atoms with Gasteiger partial charge in [-0.1, -0.05) is 56.0 Å². The van der Waals surface area contributed by atoms with Crippen LogP contribution in [0.5, 0.6) is 0 Å². The molecule has 0 amide bonds. The van der Waals surface area contributed by atoms with Crippen molar-refractivity contribution in [2.45, 2.75) is 91.4 Å². The van der Waals surface area contributed by atoms with Gasteiger partial charge in [0.2, 0.25) is 0 Å². The Bertz CT molecular complexity index is 1410. The third-order valence-corrected chi connectivity index (χ3v) is 7.98. The number of aromatic nitrogens is 5. The summed E-state index contributed by atoms with van der Waals surface area (Å²) in [5.41, 5.74) is 6.46. The number of hydrogen-bond donors (Lipinski definition) is 1. The second-order valence-electron chi connectivity index (χ2n) is 10.7. The Kier molecular flexibility index (Phi) is 7.51. The molecule has 0 spiro atoms. The van der Waals surface area contributed by atoms with E-state index in [1.54, 1.807) is 0 Å². The number of benzene rings is 2. The van der Waals surface area contributed by atoms with Crippen molar-refractivity contribution in [2.75, 3.05) is 0 Å². The van der Waals surface area contributed by atoms with Crippen molar-refractivity contribution < 1.29 is 0 Å². The molecule has 7 nitrogen and oxygen atoms in total. The topological polar surface area (TPSA) is 79.7 Å². The normalized spacial score (nSPS) is 15.5. The molecule has 37 heavy (non-hydrogen) atoms. The zero-order chi connectivity index (χ0) is 25.9. The molecule has 1 saturated carbocycles. The SMILES string of the molecule is CC[C@@H](c1nnnn1C1CCCCC1)N(Cc1ccc(C)cc1)Cc1cc2cc(C)c(C)cc2[nH]c1=O. The summed E-state index contributed by atoms with van der Waals surface area (Å²) in [6, 6.07) is 15.3. The van der Waals surface area contributed by atoms with Gasteiger partial charge < -0.3 is 4.98 Å². The Labute approximate surface area is 218 Å². The third-order valence-electron chi connectivity index (χ3n) is 7.98. The van der Waals surface area contributed by atoms with Crippen LogP contribution >= 0.6 is 0 Å². The predicted octanol–water partition coefficient (Wildman–Crippen LogP) is 6.10. The van der Waals surface area contributed by atoms with Crippen LogP contribution in [0.2, 0.25) is 0 Å². The van der Waals surface area contributed by atoms with E-state index in [0.29, 0.717) is 19.1 Å². The van der Waals surface area contributed by atoms with Gasteiger partial charge in [-0.05, 0) is 90.7 Å². The second kappa shape index (κ2) is 11.0. The molecule has 1 atom stereocenters. The van der Waals surface area contributed by atoms with Crippen molar-refractivity contribution >= 4 is 10.9 Å². The van der Waals surface area contributed by atoms with Crippen molar-refractivity contribution in [3.8, 4) is 0 Å². The van der Waals surface area contributed by atoms with Crippen LogP contribution in [-0.4, -0.2) is 30.1 Å². The number of hydrogen-bond acceptors (Lipinski definition) is 5. The summed E-state index contributed by atoms with van der Waals surface area (Å²) < 4.78 is 2.08. The monoisotopic (exact) mass is 498 g/mol. The zero-order valence-corrected chi connectivity index (χ0v) is 22.5. The molecular weight excluding hydrogens is 460 g/mol. The van der Waals surface area contributed by atoms with Crippen LogP contribution in [0, 0.1) is 20.8 Å². The number of aromatic amines is 1. The van der Waals surface area contributed by atoms with Gasteiger partial charge in [-0.3, -0.25) is 9.69 Å². The largest absolute Gasteiger partial charge is 0.322 e. The van der Waals surface area contributed by atoms with Crippen LogP contribution in [0.25, 0.3) is 10.9 Å². The first kappa shape index (κ1) is 25.3. The quantitative estimate of drug-likeness (QED) is 0.318. The highest BCUT2D eigenvalue weighted by Crippen LogP contribution is 2.33. The van der Waals surface area contributed by atoms with Gasteiger partial charge in [0.05, 0.1) is 12.1 Å². The maximum absolute atomic E-state index is 13.2. The van der Waals surface area contributed by atoms with Crippen molar-refractivity contribution in [3.05, 3.63) is 86.5 Å². The van der Waals surface area contributed by atoms with Gasteiger partial charge in [-0.15, -0.1) is 5.10 Å². The molecule has 7 heteroatoms. The van der Waals surface area contributed by atoms with E-state index < -0.39 is 0 Å². The molecule has 1 aliphatic carbocycles. The molecule has 2 aromatic carbocycles. The minimum atomic E-state index is -0.0358. The maximum Gasteiger partial charge on any atom is 0.252 e. The number of aryl methyl sites for hydroxylation is 3. The number of rotatable bonds is 8. The minimum Gasteiger partial charge on any atom is -0.322 e. The van der Waals surface area contributed by atoms with Gasteiger partial charge in [-0.2, -0.15) is 0 Å². The highest BCUT2D eigenvalue weighted by Gasteiger charge is 2.29. The molecule has 0 unspecified atom stereocenters. The molecule has 5 rings (SSSR count). The summed E-state index contributed by atoms with van der Waals surface area (Å²) in [4.78, 5) is 18.7. The number of H-pyrrole nitrogens is 1. The summed E-state index contributed by atoms with van der Waals surface area (Å²) in [6.07, 6.45) is 6.82. The molecule has 0 bridgehead atoms. The molecular formula is C30H38N6O. The van der Waals surface area contributed by atoms with Gasteiger partial charge >= 0.3 is 0 Å². The van der Waals surface area contributed by atoms with Crippen molar-refractivity contribution in [1.29, 1.82) is 0 Å². The molecule has 0 aliphatic heterocycles. The van der Waals surface area contributed by atoms with Crippen LogP contribution in [-0.2, 0) is 13.1 Å². The lowest BCUT2D eigenvalue weighted by Crippen LogP contribution is -2.33. The Morgan fingerprint density at radius 3 is 2.46 bits per heavy atom. The standard InChI is InChI=1S/C30H38N6O/c1-5-28(29-32-33-34-36(29)26-9-7-6-8-10-26)35(18-23-13-11-20(2)12-14-23)19-25-17-24-15-21(3)22(4)16-27(24)31-30(25)37/h11-17,26,28H,5-10,18-19H2,1-4H3,(H,31,37)/t28-/m0/s1. The molecule has 1 N–H and O–H groups in total. The zero-order valence-electron chi connectivity index (χ0n) is 22.5. The van der Waals surface area contributed by atoms with Crippen molar-refractivity contribution in [3.63, 3.8) is 0 Å². The second-order valence-corrected chi connectivity index (χ2v) is 10.7. The summed E-state index contributed by atoms with van der Waals surface area (Å²) in [5.74, 6) is 0.908. The first-order chi connectivity index (χ1) is 17.9. The van der Waals surface area contributed by atoms with E-state index in [2.05, 4.69) is 100 Å². The first-order valence-corrected chi connectivity index (χ1v) is 13.6.